The van der Waals surface area contributed by atoms with Crippen LogP contribution in [0, 0.1) is 12.3 Å². The van der Waals surface area contributed by atoms with Crippen LogP contribution in [0.5, 0.6) is 0 Å². The molecule has 0 spiro atoms. The van der Waals surface area contributed by atoms with Gasteiger partial charge >= 0.3 is 0 Å². The number of carbonyl (C=O) groups excluding carboxylic acids is 1. The van der Waals surface area contributed by atoms with Crippen LogP contribution in [-0.2, 0) is 16.7 Å². The van der Waals surface area contributed by atoms with Crippen LogP contribution in [0.15, 0.2) is 6.07 Å². The second-order valence-electron chi connectivity index (χ2n) is 7.17. The maximum Gasteiger partial charge on any atom is 0.165 e. The van der Waals surface area contributed by atoms with Gasteiger partial charge in [0.25, 0.3) is 0 Å². The fraction of sp³-hybridized carbons (Fsp3) is 0.688. The largest absolute Gasteiger partial charge is 0.382 e. The number of fused-ring (bicyclic) bond motifs is 1. The summed E-state index contributed by atoms with van der Waals surface area (Å²) in [7, 11) is 1.72. The number of carbonyl (C=O) groups is 1. The van der Waals surface area contributed by atoms with Gasteiger partial charge in [-0.2, -0.15) is 0 Å². The molecule has 0 radical (unpaired) electrons. The van der Waals surface area contributed by atoms with Crippen molar-refractivity contribution in [3.05, 3.63) is 23.0 Å². The van der Waals surface area contributed by atoms with Crippen LogP contribution in [-0.4, -0.2) is 24.1 Å². The van der Waals surface area contributed by atoms with Gasteiger partial charge in [-0.05, 0) is 38.7 Å². The number of Topliss-reactive ketones (excluding diaryl/α,β-unsaturated/α-hetero) is 1. The van der Waals surface area contributed by atoms with Gasteiger partial charge in [0.1, 0.15) is 0 Å². The second-order valence-corrected chi connectivity index (χ2v) is 7.17. The Morgan fingerprint density at radius 3 is 2.58 bits per heavy atom. The molecular weight excluding hydrogens is 238 g/mol. The SMILES string of the molecule is COCC(C)(C)n1c(C)cc2c1CC(C)(C)CC2=O. The van der Waals surface area contributed by atoms with Crippen molar-refractivity contribution in [2.45, 2.75) is 53.0 Å². The fourth-order valence-corrected chi connectivity index (χ4v) is 3.41. The zero-order valence-corrected chi connectivity index (χ0v) is 13.0. The summed E-state index contributed by atoms with van der Waals surface area (Å²) in [4.78, 5) is 12.3. The Bertz CT molecular complexity index is 509. The van der Waals surface area contributed by atoms with Crippen molar-refractivity contribution < 1.29 is 9.53 Å². The van der Waals surface area contributed by atoms with Crippen LogP contribution >= 0.6 is 0 Å². The molecule has 0 aromatic carbocycles. The molecule has 0 saturated carbocycles. The summed E-state index contributed by atoms with van der Waals surface area (Å²) in [5.41, 5.74) is 3.18. The Balaban J connectivity index is 2.56. The van der Waals surface area contributed by atoms with E-state index in [0.29, 0.717) is 13.0 Å². The van der Waals surface area contributed by atoms with E-state index >= 15 is 0 Å². The Morgan fingerprint density at radius 1 is 1.37 bits per heavy atom. The minimum absolute atomic E-state index is 0.0514. The predicted octanol–water partition coefficient (Wildman–Crippen LogP) is 3.33. The van der Waals surface area contributed by atoms with Gasteiger partial charge in [-0.25, -0.2) is 0 Å². The first-order valence-electron chi connectivity index (χ1n) is 6.92. The predicted molar refractivity (Wildman–Crippen MR) is 76.8 cm³/mol. The van der Waals surface area contributed by atoms with E-state index in [1.807, 2.05) is 6.07 Å². The monoisotopic (exact) mass is 263 g/mol. The highest BCUT2D eigenvalue weighted by Crippen LogP contribution is 2.38. The fourth-order valence-electron chi connectivity index (χ4n) is 3.41. The van der Waals surface area contributed by atoms with Crippen molar-refractivity contribution in [2.75, 3.05) is 13.7 Å². The number of nitrogens with zero attached hydrogens (tertiary/aromatic N) is 1. The Hall–Kier alpha value is -1.09. The third kappa shape index (κ3) is 2.48. The quantitative estimate of drug-likeness (QED) is 0.837. The number of hydrogen-bond donors (Lipinski definition) is 0. The van der Waals surface area contributed by atoms with Gasteiger partial charge in [0.2, 0.25) is 0 Å². The summed E-state index contributed by atoms with van der Waals surface area (Å²) >= 11 is 0. The van der Waals surface area contributed by atoms with Crippen LogP contribution < -0.4 is 0 Å². The lowest BCUT2D eigenvalue weighted by Gasteiger charge is -2.35. The maximum absolute atomic E-state index is 12.3. The van der Waals surface area contributed by atoms with E-state index in [9.17, 15) is 4.79 Å². The van der Waals surface area contributed by atoms with Crippen molar-refractivity contribution in [1.82, 2.24) is 4.57 Å². The van der Waals surface area contributed by atoms with Crippen molar-refractivity contribution >= 4 is 5.78 Å². The molecule has 0 saturated heterocycles. The molecule has 0 bridgehead atoms. The number of aromatic nitrogens is 1. The molecule has 1 aliphatic rings. The van der Waals surface area contributed by atoms with E-state index in [2.05, 4.69) is 39.2 Å². The topological polar surface area (TPSA) is 31.2 Å². The average Bonchev–Trinajstić information content (AvgIpc) is 2.53. The molecule has 3 nitrogen and oxygen atoms in total. The maximum atomic E-state index is 12.3. The zero-order valence-electron chi connectivity index (χ0n) is 13.0. The molecule has 106 valence electrons. The van der Waals surface area contributed by atoms with Crippen LogP contribution in [0.25, 0.3) is 0 Å². The molecule has 1 aromatic rings. The van der Waals surface area contributed by atoms with Gasteiger partial charge in [0.05, 0.1) is 12.1 Å². The summed E-state index contributed by atoms with van der Waals surface area (Å²) < 4.78 is 7.65. The van der Waals surface area contributed by atoms with Crippen LogP contribution in [0.3, 0.4) is 0 Å². The first kappa shape index (κ1) is 14.3. The minimum atomic E-state index is -0.125. The molecule has 1 aromatic heterocycles. The van der Waals surface area contributed by atoms with Gasteiger partial charge in [0, 0.05) is 30.5 Å². The summed E-state index contributed by atoms with van der Waals surface area (Å²) in [6, 6.07) is 2.05. The van der Waals surface area contributed by atoms with Gasteiger partial charge in [0.15, 0.2) is 5.78 Å². The highest BCUT2D eigenvalue weighted by molar-refractivity contribution is 5.99. The van der Waals surface area contributed by atoms with Crippen LogP contribution in [0.1, 0.15) is 55.9 Å². The molecule has 0 aliphatic heterocycles. The number of rotatable bonds is 3. The van der Waals surface area contributed by atoms with Crippen molar-refractivity contribution in [3.63, 3.8) is 0 Å². The smallest absolute Gasteiger partial charge is 0.165 e. The molecule has 0 atom stereocenters. The molecular formula is C16H25NO2. The second kappa shape index (κ2) is 4.48. The molecule has 2 rings (SSSR count). The van der Waals surface area contributed by atoms with E-state index in [4.69, 9.17) is 4.74 Å². The molecule has 1 aliphatic carbocycles. The van der Waals surface area contributed by atoms with Gasteiger partial charge < -0.3 is 9.30 Å². The van der Waals surface area contributed by atoms with E-state index in [0.717, 1.165) is 17.7 Å². The van der Waals surface area contributed by atoms with E-state index in [-0.39, 0.29) is 16.7 Å². The molecule has 0 N–H and O–H groups in total. The first-order chi connectivity index (χ1) is 8.68. The van der Waals surface area contributed by atoms with Crippen molar-refractivity contribution in [1.29, 1.82) is 0 Å². The van der Waals surface area contributed by atoms with Crippen molar-refractivity contribution in [3.8, 4) is 0 Å². The van der Waals surface area contributed by atoms with E-state index < -0.39 is 0 Å². The van der Waals surface area contributed by atoms with E-state index in [1.165, 1.54) is 5.69 Å². The molecule has 0 amide bonds. The van der Waals surface area contributed by atoms with Gasteiger partial charge in [-0.15, -0.1) is 0 Å². The highest BCUT2D eigenvalue weighted by Gasteiger charge is 2.36. The minimum Gasteiger partial charge on any atom is -0.382 e. The normalized spacial score (nSPS) is 18.5. The summed E-state index contributed by atoms with van der Waals surface area (Å²) in [5.74, 6) is 0.279. The summed E-state index contributed by atoms with van der Waals surface area (Å²) in [5, 5.41) is 0. The number of methoxy groups -OCH3 is 1. The highest BCUT2D eigenvalue weighted by atomic mass is 16.5. The standard InChI is InChI=1S/C16H25NO2/c1-11-7-12-13(8-15(2,3)9-14(12)18)17(11)16(4,5)10-19-6/h7H,8-10H2,1-6H3. The van der Waals surface area contributed by atoms with Gasteiger partial charge in [-0.1, -0.05) is 13.8 Å². The van der Waals surface area contributed by atoms with Crippen LogP contribution in [0.4, 0.5) is 0 Å². The first-order valence-corrected chi connectivity index (χ1v) is 6.92. The molecule has 1 heterocycles. The Labute approximate surface area is 115 Å². The summed E-state index contributed by atoms with van der Waals surface area (Å²) in [6.45, 7) is 11.4. The lowest BCUT2D eigenvalue weighted by molar-refractivity contribution is 0.0888. The van der Waals surface area contributed by atoms with Gasteiger partial charge in [-0.3, -0.25) is 4.79 Å². The average molecular weight is 263 g/mol. The Kier molecular flexibility index (Phi) is 3.38. The summed E-state index contributed by atoms with van der Waals surface area (Å²) in [6.07, 6.45) is 1.60. The van der Waals surface area contributed by atoms with E-state index in [1.54, 1.807) is 7.11 Å². The van der Waals surface area contributed by atoms with Crippen LogP contribution in [0.2, 0.25) is 0 Å². The molecule has 0 unspecified atom stereocenters. The third-order valence-electron chi connectivity index (χ3n) is 3.98. The van der Waals surface area contributed by atoms with Crippen molar-refractivity contribution in [2.24, 2.45) is 5.41 Å². The number of ketones is 1. The molecule has 3 heteroatoms. The lowest BCUT2D eigenvalue weighted by Crippen LogP contribution is -2.37. The Morgan fingerprint density at radius 2 is 2.00 bits per heavy atom. The number of hydrogen-bond acceptors (Lipinski definition) is 2. The molecule has 0 fully saturated rings. The number of ether oxygens (including phenoxy) is 1. The third-order valence-corrected chi connectivity index (χ3v) is 3.98. The zero-order chi connectivity index (χ0) is 14.4. The lowest BCUT2D eigenvalue weighted by atomic mass is 9.76. The number of aryl methyl sites for hydroxylation is 1. The molecule has 19 heavy (non-hydrogen) atoms.